The summed E-state index contributed by atoms with van der Waals surface area (Å²) in [5, 5.41) is 0. The number of benzene rings is 4. The van der Waals surface area contributed by atoms with Gasteiger partial charge in [0, 0.05) is 5.92 Å². The molecule has 5 rings (SSSR count). The molecule has 1 atom stereocenters. The molecule has 0 heterocycles. The molecule has 1 aliphatic carbocycles. The lowest BCUT2D eigenvalue weighted by molar-refractivity contribution is 0.306. The van der Waals surface area contributed by atoms with E-state index in [9.17, 15) is 0 Å². The Labute approximate surface area is 189 Å². The Morgan fingerprint density at radius 3 is 2.16 bits per heavy atom. The smallest absolute Gasteiger partial charge is 0.119 e. The van der Waals surface area contributed by atoms with Crippen LogP contribution in [0.4, 0.5) is 0 Å². The quantitative estimate of drug-likeness (QED) is 0.334. The second-order valence-corrected chi connectivity index (χ2v) is 8.07. The Balaban J connectivity index is 1.47. The lowest BCUT2D eigenvalue weighted by Crippen LogP contribution is -2.12. The van der Waals surface area contributed by atoms with Crippen molar-refractivity contribution < 1.29 is 9.47 Å². The van der Waals surface area contributed by atoms with E-state index < -0.39 is 0 Å². The number of methoxy groups -OCH3 is 1. The van der Waals surface area contributed by atoms with Crippen LogP contribution in [0.2, 0.25) is 0 Å². The average Bonchev–Trinajstić information content (AvgIpc) is 2.88. The molecule has 1 aliphatic rings. The molecular weight excluding hydrogens is 392 g/mol. The van der Waals surface area contributed by atoms with Crippen molar-refractivity contribution in [3.05, 3.63) is 137 Å². The van der Waals surface area contributed by atoms with Gasteiger partial charge in [-0.3, -0.25) is 0 Å². The van der Waals surface area contributed by atoms with Gasteiger partial charge in [0.05, 0.1) is 7.11 Å². The number of rotatable bonds is 6. The van der Waals surface area contributed by atoms with Gasteiger partial charge in [0.25, 0.3) is 0 Å². The van der Waals surface area contributed by atoms with Gasteiger partial charge in [-0.1, -0.05) is 84.9 Å². The molecule has 0 aromatic heterocycles. The van der Waals surface area contributed by atoms with Crippen molar-refractivity contribution in [3.8, 4) is 11.5 Å². The molecule has 0 bridgehead atoms. The van der Waals surface area contributed by atoms with E-state index in [-0.39, 0.29) is 5.92 Å². The molecule has 1 unspecified atom stereocenters. The molecular formula is C30H26O2. The lowest BCUT2D eigenvalue weighted by Gasteiger charge is -2.29. The largest absolute Gasteiger partial charge is 0.497 e. The third-order valence-corrected chi connectivity index (χ3v) is 6.08. The van der Waals surface area contributed by atoms with E-state index in [1.807, 2.05) is 18.2 Å². The zero-order valence-corrected chi connectivity index (χ0v) is 18.2. The van der Waals surface area contributed by atoms with Gasteiger partial charge in [0.2, 0.25) is 0 Å². The van der Waals surface area contributed by atoms with Crippen molar-refractivity contribution >= 4 is 5.57 Å². The summed E-state index contributed by atoms with van der Waals surface area (Å²) in [4.78, 5) is 0. The van der Waals surface area contributed by atoms with E-state index in [2.05, 4.69) is 91.0 Å². The maximum atomic E-state index is 6.01. The first-order chi connectivity index (χ1) is 15.8. The fourth-order valence-corrected chi connectivity index (χ4v) is 4.44. The summed E-state index contributed by atoms with van der Waals surface area (Å²) in [6.45, 7) is 0.571. The Kier molecular flexibility index (Phi) is 5.76. The molecule has 2 nitrogen and oxygen atoms in total. The highest BCUT2D eigenvalue weighted by Crippen LogP contribution is 2.43. The van der Waals surface area contributed by atoms with Crippen LogP contribution in [-0.2, 0) is 13.0 Å². The standard InChI is InChI=1S/C30H26O2/c1-31-27-17-19-29-25(20-27)14-18-28(23-10-6-3-7-11-23)30(29)24-12-15-26(16-13-24)32-21-22-8-4-2-5-9-22/h2-13,15-20,30H,14,21H2,1H3. The molecule has 0 fully saturated rings. The van der Waals surface area contributed by atoms with Crippen molar-refractivity contribution in [1.29, 1.82) is 0 Å². The molecule has 158 valence electrons. The van der Waals surface area contributed by atoms with Gasteiger partial charge in [-0.05, 0) is 64.1 Å². The van der Waals surface area contributed by atoms with Gasteiger partial charge in [-0.25, -0.2) is 0 Å². The minimum atomic E-state index is 0.176. The summed E-state index contributed by atoms with van der Waals surface area (Å²) < 4.78 is 11.5. The van der Waals surface area contributed by atoms with E-state index in [1.165, 1.54) is 33.4 Å². The molecule has 0 spiro atoms. The molecule has 0 aliphatic heterocycles. The number of allylic oxidation sites excluding steroid dienone is 2. The predicted molar refractivity (Wildman–Crippen MR) is 130 cm³/mol. The summed E-state index contributed by atoms with van der Waals surface area (Å²) in [5.74, 6) is 1.97. The Morgan fingerprint density at radius 1 is 0.750 bits per heavy atom. The van der Waals surface area contributed by atoms with E-state index in [4.69, 9.17) is 9.47 Å². The normalized spacial score (nSPS) is 14.9. The van der Waals surface area contributed by atoms with Gasteiger partial charge in [-0.15, -0.1) is 0 Å². The zero-order valence-electron chi connectivity index (χ0n) is 18.2. The monoisotopic (exact) mass is 418 g/mol. The number of ether oxygens (including phenoxy) is 2. The van der Waals surface area contributed by atoms with Crippen LogP contribution in [0.15, 0.2) is 109 Å². The van der Waals surface area contributed by atoms with Crippen LogP contribution in [0.25, 0.3) is 5.57 Å². The minimum absolute atomic E-state index is 0.176. The van der Waals surface area contributed by atoms with E-state index in [0.717, 1.165) is 17.9 Å². The summed E-state index contributed by atoms with van der Waals surface area (Å²) in [6, 6.07) is 35.9. The van der Waals surface area contributed by atoms with Crippen LogP contribution >= 0.6 is 0 Å². The number of hydrogen-bond donors (Lipinski definition) is 0. The second-order valence-electron chi connectivity index (χ2n) is 8.07. The lowest BCUT2D eigenvalue weighted by atomic mass is 9.75. The number of hydrogen-bond acceptors (Lipinski definition) is 2. The van der Waals surface area contributed by atoms with Crippen molar-refractivity contribution in [2.75, 3.05) is 7.11 Å². The third kappa shape index (κ3) is 4.17. The van der Waals surface area contributed by atoms with E-state index >= 15 is 0 Å². The molecule has 0 saturated heterocycles. The van der Waals surface area contributed by atoms with E-state index in [0.29, 0.717) is 6.61 Å². The average molecular weight is 419 g/mol. The first-order valence-corrected chi connectivity index (χ1v) is 11.0. The summed E-state index contributed by atoms with van der Waals surface area (Å²) in [5.41, 5.74) is 7.70. The summed E-state index contributed by atoms with van der Waals surface area (Å²) in [6.07, 6.45) is 3.27. The van der Waals surface area contributed by atoms with Gasteiger partial charge in [0.15, 0.2) is 0 Å². The molecule has 4 aromatic rings. The highest BCUT2D eigenvalue weighted by Gasteiger charge is 2.26. The van der Waals surface area contributed by atoms with Crippen LogP contribution in [0.3, 0.4) is 0 Å². The molecule has 4 aromatic carbocycles. The van der Waals surface area contributed by atoms with Crippen LogP contribution in [0, 0.1) is 0 Å². The summed E-state index contributed by atoms with van der Waals surface area (Å²) >= 11 is 0. The Bertz CT molecular complexity index is 1210. The first-order valence-electron chi connectivity index (χ1n) is 11.0. The Hall–Kier alpha value is -3.78. The van der Waals surface area contributed by atoms with Gasteiger partial charge < -0.3 is 9.47 Å². The SMILES string of the molecule is COc1ccc2c(c1)CC=C(c1ccccc1)C2c1ccc(OCc2ccccc2)cc1. The highest BCUT2D eigenvalue weighted by molar-refractivity contribution is 5.78. The number of fused-ring (bicyclic) bond motifs is 1. The van der Waals surface area contributed by atoms with Crippen LogP contribution in [-0.4, -0.2) is 7.11 Å². The molecule has 0 amide bonds. The van der Waals surface area contributed by atoms with E-state index in [1.54, 1.807) is 7.11 Å². The third-order valence-electron chi connectivity index (χ3n) is 6.08. The molecule has 0 radical (unpaired) electrons. The van der Waals surface area contributed by atoms with Crippen molar-refractivity contribution in [1.82, 2.24) is 0 Å². The summed E-state index contributed by atoms with van der Waals surface area (Å²) in [7, 11) is 1.72. The minimum Gasteiger partial charge on any atom is -0.497 e. The van der Waals surface area contributed by atoms with Crippen LogP contribution in [0.1, 0.15) is 33.7 Å². The van der Waals surface area contributed by atoms with Gasteiger partial charge in [-0.2, -0.15) is 0 Å². The van der Waals surface area contributed by atoms with Crippen LogP contribution < -0.4 is 9.47 Å². The molecule has 2 heteroatoms. The highest BCUT2D eigenvalue weighted by atomic mass is 16.5. The van der Waals surface area contributed by atoms with Crippen LogP contribution in [0.5, 0.6) is 11.5 Å². The first kappa shape index (κ1) is 20.1. The Morgan fingerprint density at radius 2 is 1.44 bits per heavy atom. The van der Waals surface area contributed by atoms with Crippen molar-refractivity contribution in [2.45, 2.75) is 18.9 Å². The van der Waals surface area contributed by atoms with Gasteiger partial charge in [0.1, 0.15) is 18.1 Å². The second kappa shape index (κ2) is 9.15. The fourth-order valence-electron chi connectivity index (χ4n) is 4.44. The van der Waals surface area contributed by atoms with Crippen molar-refractivity contribution in [2.24, 2.45) is 0 Å². The maximum Gasteiger partial charge on any atom is 0.119 e. The fraction of sp³-hybridized carbons (Fsp3) is 0.133. The molecule has 0 N–H and O–H groups in total. The van der Waals surface area contributed by atoms with Crippen molar-refractivity contribution in [3.63, 3.8) is 0 Å². The molecule has 32 heavy (non-hydrogen) atoms. The zero-order chi connectivity index (χ0) is 21.8. The van der Waals surface area contributed by atoms with Gasteiger partial charge >= 0.3 is 0 Å². The predicted octanol–water partition coefficient (Wildman–Crippen LogP) is 7.05. The maximum absolute atomic E-state index is 6.01. The molecule has 0 saturated carbocycles. The topological polar surface area (TPSA) is 18.5 Å².